The van der Waals surface area contributed by atoms with Crippen molar-refractivity contribution in [1.82, 2.24) is 0 Å². The number of fused-ring (bicyclic) bond motifs is 1. The molecule has 0 aromatic heterocycles. The molecule has 1 aromatic carbocycles. The summed E-state index contributed by atoms with van der Waals surface area (Å²) in [7, 11) is 0. The predicted octanol–water partition coefficient (Wildman–Crippen LogP) is 3.14. The van der Waals surface area contributed by atoms with Crippen LogP contribution < -0.4 is 14.8 Å². The van der Waals surface area contributed by atoms with Gasteiger partial charge in [0.05, 0.1) is 5.92 Å². The van der Waals surface area contributed by atoms with Gasteiger partial charge >= 0.3 is 6.29 Å². The van der Waals surface area contributed by atoms with Gasteiger partial charge in [-0.1, -0.05) is 0 Å². The molecule has 1 fully saturated rings. The van der Waals surface area contributed by atoms with E-state index in [0.717, 1.165) is 0 Å². The number of benzene rings is 1. The van der Waals surface area contributed by atoms with Gasteiger partial charge in [-0.2, -0.15) is 0 Å². The fourth-order valence-electron chi connectivity index (χ4n) is 1.75. The number of amides is 1. The lowest BCUT2D eigenvalue weighted by atomic mass is 10.2. The van der Waals surface area contributed by atoms with Crippen LogP contribution in [0.25, 0.3) is 0 Å². The highest BCUT2D eigenvalue weighted by Gasteiger charge is 2.56. The Labute approximate surface area is 116 Å². The molecule has 2 aliphatic rings. The van der Waals surface area contributed by atoms with E-state index in [1.165, 1.54) is 18.2 Å². The van der Waals surface area contributed by atoms with Crippen molar-refractivity contribution in [2.24, 2.45) is 5.92 Å². The van der Waals surface area contributed by atoms with Gasteiger partial charge in [-0.05, 0) is 18.6 Å². The average Bonchev–Trinajstić information content (AvgIpc) is 2.79. The molecule has 1 aliphatic carbocycles. The molecular weight excluding hydrogens is 303 g/mol. The average molecular weight is 310 g/mol. The van der Waals surface area contributed by atoms with Gasteiger partial charge in [-0.3, -0.25) is 4.79 Å². The topological polar surface area (TPSA) is 47.6 Å². The molecule has 0 spiro atoms. The third-order valence-electron chi connectivity index (χ3n) is 2.81. The number of rotatable bonds is 2. The van der Waals surface area contributed by atoms with Crippen molar-refractivity contribution in [1.29, 1.82) is 0 Å². The summed E-state index contributed by atoms with van der Waals surface area (Å²) in [6, 6.07) is 3.96. The minimum absolute atomic E-state index is 0.0848. The van der Waals surface area contributed by atoms with E-state index in [0.29, 0.717) is 12.1 Å². The first-order valence-electron chi connectivity index (χ1n) is 5.35. The highest BCUT2D eigenvalue weighted by Crippen LogP contribution is 2.53. The number of anilines is 1. The molecule has 0 unspecified atom stereocenters. The van der Waals surface area contributed by atoms with Crippen LogP contribution in [0.1, 0.15) is 6.42 Å². The van der Waals surface area contributed by atoms with Crippen molar-refractivity contribution in [3.05, 3.63) is 18.2 Å². The molecule has 1 saturated carbocycles. The molecule has 1 amide bonds. The molecule has 8 heteroatoms. The maximum atomic E-state index is 12.8. The number of ether oxygens (including phenoxy) is 2. The summed E-state index contributed by atoms with van der Waals surface area (Å²) in [5.74, 6) is -1.08. The molecule has 1 aliphatic heterocycles. The van der Waals surface area contributed by atoms with E-state index in [4.69, 9.17) is 23.2 Å². The summed E-state index contributed by atoms with van der Waals surface area (Å²) in [6.07, 6.45) is -3.31. The SMILES string of the molecule is O=C(Nc1ccc2c(c1)OC(F)(F)O2)[C@H]1CC1(Cl)Cl. The van der Waals surface area contributed by atoms with Crippen molar-refractivity contribution < 1.29 is 23.0 Å². The first-order valence-corrected chi connectivity index (χ1v) is 6.11. The molecule has 1 N–H and O–H groups in total. The predicted molar refractivity (Wildman–Crippen MR) is 63.8 cm³/mol. The van der Waals surface area contributed by atoms with Gasteiger partial charge in [-0.25, -0.2) is 0 Å². The lowest BCUT2D eigenvalue weighted by molar-refractivity contribution is -0.286. The third kappa shape index (κ3) is 2.42. The Morgan fingerprint density at radius 1 is 1.32 bits per heavy atom. The van der Waals surface area contributed by atoms with Gasteiger partial charge in [0.1, 0.15) is 4.33 Å². The molecule has 4 nitrogen and oxygen atoms in total. The minimum atomic E-state index is -3.68. The van der Waals surface area contributed by atoms with Gasteiger partial charge in [0.2, 0.25) is 5.91 Å². The summed E-state index contributed by atoms with van der Waals surface area (Å²) in [6.45, 7) is 0. The summed E-state index contributed by atoms with van der Waals surface area (Å²) in [5.41, 5.74) is 0.307. The summed E-state index contributed by atoms with van der Waals surface area (Å²) >= 11 is 11.5. The number of nitrogens with one attached hydrogen (secondary N) is 1. The molecule has 1 heterocycles. The quantitative estimate of drug-likeness (QED) is 0.854. The van der Waals surface area contributed by atoms with Gasteiger partial charge in [0, 0.05) is 11.8 Å². The summed E-state index contributed by atoms with van der Waals surface area (Å²) in [5, 5.41) is 2.53. The maximum Gasteiger partial charge on any atom is 0.586 e. The number of carbonyl (C=O) groups is 1. The van der Waals surface area contributed by atoms with E-state index in [-0.39, 0.29) is 17.4 Å². The van der Waals surface area contributed by atoms with Crippen LogP contribution in [0.3, 0.4) is 0 Å². The molecule has 19 heavy (non-hydrogen) atoms. The van der Waals surface area contributed by atoms with Crippen LogP contribution in [0.15, 0.2) is 18.2 Å². The third-order valence-corrected chi connectivity index (χ3v) is 3.65. The lowest BCUT2D eigenvalue weighted by Gasteiger charge is -2.06. The van der Waals surface area contributed by atoms with Crippen molar-refractivity contribution in [2.45, 2.75) is 17.0 Å². The molecule has 0 radical (unpaired) electrons. The number of halogens is 4. The maximum absolute atomic E-state index is 12.8. The molecule has 0 saturated heterocycles. The Hall–Kier alpha value is -1.27. The highest BCUT2D eigenvalue weighted by molar-refractivity contribution is 6.52. The zero-order valence-corrected chi connectivity index (χ0v) is 10.8. The smallest absolute Gasteiger partial charge is 0.395 e. The first kappa shape index (κ1) is 12.7. The van der Waals surface area contributed by atoms with Crippen LogP contribution in [0.5, 0.6) is 11.5 Å². The monoisotopic (exact) mass is 309 g/mol. The second kappa shape index (κ2) is 3.86. The van der Waals surface area contributed by atoms with Crippen LogP contribution >= 0.6 is 23.2 Å². The Bertz CT molecular complexity index is 565. The van der Waals surface area contributed by atoms with Crippen molar-refractivity contribution in [2.75, 3.05) is 5.32 Å². The standard InChI is InChI=1S/C11H7Cl2F2NO3/c12-10(13)4-6(10)9(17)16-5-1-2-7-8(3-5)19-11(14,15)18-7/h1-3,6H,4H2,(H,16,17)/t6-/m1/s1. The fraction of sp³-hybridized carbons (Fsp3) is 0.364. The number of carbonyl (C=O) groups excluding carboxylic acids is 1. The van der Waals surface area contributed by atoms with Gasteiger partial charge in [0.25, 0.3) is 0 Å². The molecule has 3 rings (SSSR count). The van der Waals surface area contributed by atoms with Crippen LogP contribution in [-0.4, -0.2) is 16.5 Å². The Kier molecular flexibility index (Phi) is 2.59. The molecule has 1 aromatic rings. The number of alkyl halides is 4. The van der Waals surface area contributed by atoms with Crippen LogP contribution in [0, 0.1) is 5.92 Å². The van der Waals surface area contributed by atoms with Crippen molar-refractivity contribution >= 4 is 34.8 Å². The highest BCUT2D eigenvalue weighted by atomic mass is 35.5. The van der Waals surface area contributed by atoms with E-state index in [9.17, 15) is 13.6 Å². The van der Waals surface area contributed by atoms with Gasteiger partial charge in [-0.15, -0.1) is 32.0 Å². The Morgan fingerprint density at radius 3 is 2.58 bits per heavy atom. The Morgan fingerprint density at radius 2 is 1.95 bits per heavy atom. The van der Waals surface area contributed by atoms with Crippen LogP contribution in [0.4, 0.5) is 14.5 Å². The molecule has 0 bridgehead atoms. The van der Waals surface area contributed by atoms with Crippen LogP contribution in [0.2, 0.25) is 0 Å². The van der Waals surface area contributed by atoms with Crippen molar-refractivity contribution in [3.8, 4) is 11.5 Å². The second-order valence-electron chi connectivity index (χ2n) is 4.34. The normalized spacial score (nSPS) is 24.9. The number of hydrogen-bond donors (Lipinski definition) is 1. The van der Waals surface area contributed by atoms with Crippen molar-refractivity contribution in [3.63, 3.8) is 0 Å². The van der Waals surface area contributed by atoms with E-state index < -0.39 is 16.5 Å². The first-order chi connectivity index (χ1) is 8.77. The summed E-state index contributed by atoms with van der Waals surface area (Å²) in [4.78, 5) is 11.7. The van der Waals surface area contributed by atoms with Crippen LogP contribution in [-0.2, 0) is 4.79 Å². The molecular formula is C11H7Cl2F2NO3. The lowest BCUT2D eigenvalue weighted by Crippen LogP contribution is -2.25. The van der Waals surface area contributed by atoms with E-state index in [1.54, 1.807) is 0 Å². The number of hydrogen-bond acceptors (Lipinski definition) is 3. The van der Waals surface area contributed by atoms with Gasteiger partial charge < -0.3 is 14.8 Å². The molecule has 1 atom stereocenters. The van der Waals surface area contributed by atoms with E-state index >= 15 is 0 Å². The zero-order chi connectivity index (χ0) is 13.8. The molecule has 102 valence electrons. The van der Waals surface area contributed by atoms with Gasteiger partial charge in [0.15, 0.2) is 11.5 Å². The largest absolute Gasteiger partial charge is 0.586 e. The second-order valence-corrected chi connectivity index (χ2v) is 5.88. The fourth-order valence-corrected chi connectivity index (χ4v) is 2.26. The zero-order valence-electron chi connectivity index (χ0n) is 9.25. The minimum Gasteiger partial charge on any atom is -0.395 e. The Balaban J connectivity index is 1.73. The van der Waals surface area contributed by atoms with E-state index in [2.05, 4.69) is 14.8 Å². The summed E-state index contributed by atoms with van der Waals surface area (Å²) < 4.78 is 33.1. The van der Waals surface area contributed by atoms with E-state index in [1.807, 2.05) is 0 Å².